The van der Waals surface area contributed by atoms with Gasteiger partial charge in [-0.05, 0) is 24.1 Å². The molecule has 0 bridgehead atoms. The second-order valence-electron chi connectivity index (χ2n) is 5.03. The summed E-state index contributed by atoms with van der Waals surface area (Å²) in [6, 6.07) is 7.03. The molecular formula is C15H21N3O3. The minimum atomic E-state index is -0.335. The molecule has 1 heterocycles. The SMILES string of the molecule is CCC1C(=O)NC(=O)CN1C(CN)c1ccc(OC)cc1. The van der Waals surface area contributed by atoms with E-state index >= 15 is 0 Å². The normalized spacial score (nSPS) is 21.0. The second-order valence-corrected chi connectivity index (χ2v) is 5.03. The van der Waals surface area contributed by atoms with Crippen LogP contribution in [0.15, 0.2) is 24.3 Å². The molecule has 2 unspecified atom stereocenters. The first-order chi connectivity index (χ1) is 10.1. The molecule has 3 N–H and O–H groups in total. The van der Waals surface area contributed by atoms with Gasteiger partial charge in [0.1, 0.15) is 5.75 Å². The van der Waals surface area contributed by atoms with E-state index in [0.717, 1.165) is 11.3 Å². The Kier molecular flexibility index (Phi) is 4.93. The highest BCUT2D eigenvalue weighted by molar-refractivity contribution is 6.01. The van der Waals surface area contributed by atoms with E-state index < -0.39 is 0 Å². The first-order valence-electron chi connectivity index (χ1n) is 7.04. The Morgan fingerprint density at radius 2 is 2.05 bits per heavy atom. The summed E-state index contributed by atoms with van der Waals surface area (Å²) in [6.45, 7) is 2.44. The molecule has 6 nitrogen and oxygen atoms in total. The van der Waals surface area contributed by atoms with Crippen molar-refractivity contribution in [3.8, 4) is 5.75 Å². The first-order valence-corrected chi connectivity index (χ1v) is 7.04. The van der Waals surface area contributed by atoms with Crippen LogP contribution in [0, 0.1) is 0 Å². The van der Waals surface area contributed by atoms with Gasteiger partial charge in [0.2, 0.25) is 11.8 Å². The van der Waals surface area contributed by atoms with Gasteiger partial charge in [0.15, 0.2) is 0 Å². The van der Waals surface area contributed by atoms with Crippen LogP contribution in [0.4, 0.5) is 0 Å². The van der Waals surface area contributed by atoms with Crippen molar-refractivity contribution in [2.24, 2.45) is 5.73 Å². The molecule has 21 heavy (non-hydrogen) atoms. The lowest BCUT2D eigenvalue weighted by molar-refractivity contribution is -0.141. The van der Waals surface area contributed by atoms with Crippen LogP contribution in [-0.4, -0.2) is 43.0 Å². The predicted octanol–water partition coefficient (Wildman–Crippen LogP) is 0.432. The van der Waals surface area contributed by atoms with Gasteiger partial charge in [-0.15, -0.1) is 0 Å². The molecule has 114 valence electrons. The fourth-order valence-electron chi connectivity index (χ4n) is 2.72. The number of methoxy groups -OCH3 is 1. The molecule has 1 aromatic carbocycles. The number of nitrogens with two attached hydrogens (primary N) is 1. The van der Waals surface area contributed by atoms with E-state index in [1.165, 1.54) is 0 Å². The maximum Gasteiger partial charge on any atom is 0.243 e. The number of amides is 2. The van der Waals surface area contributed by atoms with Crippen molar-refractivity contribution in [2.75, 3.05) is 20.2 Å². The molecule has 1 aliphatic heterocycles. The summed E-state index contributed by atoms with van der Waals surface area (Å²) in [5.41, 5.74) is 6.87. The van der Waals surface area contributed by atoms with Gasteiger partial charge >= 0.3 is 0 Å². The number of benzene rings is 1. The van der Waals surface area contributed by atoms with E-state index in [-0.39, 0.29) is 30.4 Å². The fourth-order valence-corrected chi connectivity index (χ4v) is 2.72. The van der Waals surface area contributed by atoms with Gasteiger partial charge in [0, 0.05) is 12.6 Å². The summed E-state index contributed by atoms with van der Waals surface area (Å²) in [7, 11) is 1.61. The van der Waals surface area contributed by atoms with Crippen molar-refractivity contribution >= 4 is 11.8 Å². The maximum absolute atomic E-state index is 12.0. The van der Waals surface area contributed by atoms with E-state index in [1.54, 1.807) is 7.11 Å². The van der Waals surface area contributed by atoms with Crippen molar-refractivity contribution in [1.29, 1.82) is 0 Å². The minimum Gasteiger partial charge on any atom is -0.497 e. The fraction of sp³-hybridized carbons (Fsp3) is 0.467. The van der Waals surface area contributed by atoms with E-state index in [4.69, 9.17) is 10.5 Å². The van der Waals surface area contributed by atoms with Crippen LogP contribution in [0.5, 0.6) is 5.75 Å². The number of nitrogens with zero attached hydrogens (tertiary/aromatic N) is 1. The Bertz CT molecular complexity index is 515. The van der Waals surface area contributed by atoms with Gasteiger partial charge < -0.3 is 10.5 Å². The van der Waals surface area contributed by atoms with Gasteiger partial charge in [-0.1, -0.05) is 19.1 Å². The summed E-state index contributed by atoms with van der Waals surface area (Å²) >= 11 is 0. The molecule has 1 saturated heterocycles. The highest BCUT2D eigenvalue weighted by Gasteiger charge is 2.36. The van der Waals surface area contributed by atoms with Crippen molar-refractivity contribution in [3.63, 3.8) is 0 Å². The van der Waals surface area contributed by atoms with E-state index in [9.17, 15) is 9.59 Å². The zero-order chi connectivity index (χ0) is 15.4. The number of piperazine rings is 1. The Morgan fingerprint density at radius 3 is 2.57 bits per heavy atom. The number of carbonyl (C=O) groups excluding carboxylic acids is 2. The monoisotopic (exact) mass is 291 g/mol. The van der Waals surface area contributed by atoms with Crippen LogP contribution in [0.2, 0.25) is 0 Å². The van der Waals surface area contributed by atoms with Crippen molar-refractivity contribution < 1.29 is 14.3 Å². The molecule has 0 radical (unpaired) electrons. The number of hydrogen-bond acceptors (Lipinski definition) is 5. The van der Waals surface area contributed by atoms with Gasteiger partial charge in [0.25, 0.3) is 0 Å². The van der Waals surface area contributed by atoms with Crippen molar-refractivity contribution in [2.45, 2.75) is 25.4 Å². The van der Waals surface area contributed by atoms with Gasteiger partial charge in [-0.25, -0.2) is 0 Å². The largest absolute Gasteiger partial charge is 0.497 e. The maximum atomic E-state index is 12.0. The van der Waals surface area contributed by atoms with Gasteiger partial charge in [-0.3, -0.25) is 19.8 Å². The Labute approximate surface area is 124 Å². The number of carbonyl (C=O) groups is 2. The van der Waals surface area contributed by atoms with Crippen LogP contribution in [0.1, 0.15) is 24.9 Å². The molecule has 0 spiro atoms. The quantitative estimate of drug-likeness (QED) is 0.769. The number of rotatable bonds is 5. The van der Waals surface area contributed by atoms with Crippen LogP contribution in [-0.2, 0) is 9.59 Å². The zero-order valence-corrected chi connectivity index (χ0v) is 12.3. The summed E-state index contributed by atoms with van der Waals surface area (Å²) in [4.78, 5) is 25.5. The van der Waals surface area contributed by atoms with Crippen molar-refractivity contribution in [1.82, 2.24) is 10.2 Å². The summed E-state index contributed by atoms with van der Waals surface area (Å²) < 4.78 is 5.14. The molecule has 2 atom stereocenters. The van der Waals surface area contributed by atoms with Crippen molar-refractivity contribution in [3.05, 3.63) is 29.8 Å². The lowest BCUT2D eigenvalue weighted by Crippen LogP contribution is -2.59. The molecule has 1 fully saturated rings. The minimum absolute atomic E-state index is 0.171. The smallest absolute Gasteiger partial charge is 0.243 e. The highest BCUT2D eigenvalue weighted by atomic mass is 16.5. The van der Waals surface area contributed by atoms with E-state index in [0.29, 0.717) is 13.0 Å². The van der Waals surface area contributed by atoms with E-state index in [2.05, 4.69) is 5.32 Å². The number of ether oxygens (including phenoxy) is 1. The molecule has 1 aliphatic rings. The Morgan fingerprint density at radius 1 is 1.38 bits per heavy atom. The molecule has 1 aromatic rings. The standard InChI is InChI=1S/C15H21N3O3/c1-3-12-15(20)17-14(19)9-18(12)13(8-16)10-4-6-11(21-2)7-5-10/h4-7,12-13H,3,8-9,16H2,1-2H3,(H,17,19,20). The third-order valence-electron chi connectivity index (χ3n) is 3.80. The molecule has 0 saturated carbocycles. The first kappa shape index (κ1) is 15.5. The summed E-state index contributed by atoms with van der Waals surface area (Å²) in [5.74, 6) is 0.228. The van der Waals surface area contributed by atoms with Crippen LogP contribution in [0.3, 0.4) is 0 Å². The van der Waals surface area contributed by atoms with Crippen LogP contribution >= 0.6 is 0 Å². The van der Waals surface area contributed by atoms with Gasteiger partial charge in [0.05, 0.1) is 19.7 Å². The number of imide groups is 1. The average molecular weight is 291 g/mol. The predicted molar refractivity (Wildman–Crippen MR) is 78.7 cm³/mol. The summed E-state index contributed by atoms with van der Waals surface area (Å²) in [6.07, 6.45) is 0.631. The number of hydrogen-bond donors (Lipinski definition) is 2. The second kappa shape index (κ2) is 6.69. The van der Waals surface area contributed by atoms with Gasteiger partial charge in [-0.2, -0.15) is 0 Å². The molecular weight excluding hydrogens is 270 g/mol. The lowest BCUT2D eigenvalue weighted by atomic mass is 10.00. The lowest BCUT2D eigenvalue weighted by Gasteiger charge is -2.39. The molecule has 2 rings (SSSR count). The highest BCUT2D eigenvalue weighted by Crippen LogP contribution is 2.26. The third kappa shape index (κ3) is 3.22. The topological polar surface area (TPSA) is 84.7 Å². The van der Waals surface area contributed by atoms with E-state index in [1.807, 2.05) is 36.1 Å². The van der Waals surface area contributed by atoms with Crippen LogP contribution in [0.25, 0.3) is 0 Å². The third-order valence-corrected chi connectivity index (χ3v) is 3.80. The summed E-state index contributed by atoms with van der Waals surface area (Å²) in [5, 5.41) is 2.38. The Balaban J connectivity index is 2.28. The molecule has 2 amide bonds. The zero-order valence-electron chi connectivity index (χ0n) is 12.3. The molecule has 6 heteroatoms. The Hall–Kier alpha value is -1.92. The number of nitrogens with one attached hydrogen (secondary N) is 1. The van der Waals surface area contributed by atoms with Crippen LogP contribution < -0.4 is 15.8 Å². The average Bonchev–Trinajstić information content (AvgIpc) is 2.48. The molecule has 0 aliphatic carbocycles. The molecule has 0 aromatic heterocycles.